The number of rotatable bonds is 5. The van der Waals surface area contributed by atoms with Crippen molar-refractivity contribution in [2.24, 2.45) is 0 Å². The molecule has 2 rings (SSSR count). The number of hydrogen-bond acceptors (Lipinski definition) is 3. The van der Waals surface area contributed by atoms with Crippen LogP contribution in [0.15, 0.2) is 36.4 Å². The van der Waals surface area contributed by atoms with Crippen LogP contribution >= 0.6 is 0 Å². The van der Waals surface area contributed by atoms with Crippen molar-refractivity contribution in [1.82, 2.24) is 0 Å². The van der Waals surface area contributed by atoms with E-state index in [1.807, 2.05) is 24.3 Å². The summed E-state index contributed by atoms with van der Waals surface area (Å²) in [6.07, 6.45) is 0. The van der Waals surface area contributed by atoms with E-state index in [4.69, 9.17) is 5.73 Å². The van der Waals surface area contributed by atoms with Crippen LogP contribution in [0.3, 0.4) is 0 Å². The monoisotopic (exact) mass is 291 g/mol. The molecule has 2 aromatic rings. The molecule has 0 saturated heterocycles. The first-order valence-corrected chi connectivity index (χ1v) is 6.92. The van der Waals surface area contributed by atoms with Crippen molar-refractivity contribution in [1.29, 1.82) is 0 Å². The fraction of sp³-hybridized carbons (Fsp3) is 0.250. The smallest absolute Gasteiger partial charge is 0.184 e. The van der Waals surface area contributed by atoms with Crippen molar-refractivity contribution in [2.45, 2.75) is 13.8 Å². The van der Waals surface area contributed by atoms with Gasteiger partial charge in [-0.05, 0) is 50.2 Å². The van der Waals surface area contributed by atoms with Crippen LogP contribution in [0, 0.1) is 11.6 Å². The van der Waals surface area contributed by atoms with Crippen LogP contribution in [0.4, 0.5) is 31.5 Å². The van der Waals surface area contributed by atoms with Gasteiger partial charge in [0.2, 0.25) is 0 Å². The van der Waals surface area contributed by atoms with Gasteiger partial charge in [-0.3, -0.25) is 0 Å². The van der Waals surface area contributed by atoms with E-state index in [1.165, 1.54) is 6.07 Å². The Morgan fingerprint density at radius 1 is 1.00 bits per heavy atom. The molecule has 21 heavy (non-hydrogen) atoms. The molecule has 0 aliphatic carbocycles. The lowest BCUT2D eigenvalue weighted by atomic mass is 10.2. The Hall–Kier alpha value is -2.30. The lowest BCUT2D eigenvalue weighted by molar-refractivity contribution is 0.512. The molecule has 3 N–H and O–H groups in total. The largest absolute Gasteiger partial charge is 0.397 e. The van der Waals surface area contributed by atoms with Gasteiger partial charge in [0.1, 0.15) is 5.69 Å². The van der Waals surface area contributed by atoms with Crippen LogP contribution in [0.1, 0.15) is 13.8 Å². The summed E-state index contributed by atoms with van der Waals surface area (Å²) >= 11 is 0. The average molecular weight is 291 g/mol. The van der Waals surface area contributed by atoms with E-state index in [9.17, 15) is 8.78 Å². The van der Waals surface area contributed by atoms with E-state index < -0.39 is 11.6 Å². The maximum atomic E-state index is 13.7. The molecule has 0 spiro atoms. The van der Waals surface area contributed by atoms with Gasteiger partial charge in [0.05, 0.1) is 5.69 Å². The number of benzene rings is 2. The molecule has 0 aliphatic heterocycles. The zero-order valence-corrected chi connectivity index (χ0v) is 12.2. The summed E-state index contributed by atoms with van der Waals surface area (Å²) in [5.41, 5.74) is 7.55. The highest BCUT2D eigenvalue weighted by atomic mass is 19.2. The van der Waals surface area contributed by atoms with Gasteiger partial charge in [0.15, 0.2) is 11.6 Å². The third-order valence-corrected chi connectivity index (χ3v) is 3.39. The highest BCUT2D eigenvalue weighted by Gasteiger charge is 2.12. The molecule has 0 amide bonds. The number of nitrogens with two attached hydrogens (primary N) is 1. The average Bonchev–Trinajstić information content (AvgIpc) is 2.50. The summed E-state index contributed by atoms with van der Waals surface area (Å²) in [6.45, 7) is 5.99. The lowest BCUT2D eigenvalue weighted by Gasteiger charge is -2.21. The van der Waals surface area contributed by atoms with Crippen molar-refractivity contribution < 1.29 is 8.78 Å². The van der Waals surface area contributed by atoms with Gasteiger partial charge in [-0.25, -0.2) is 8.78 Å². The third kappa shape index (κ3) is 3.24. The SMILES string of the molecule is CCN(CC)c1ccc(Nc2c(N)ccc(F)c2F)cc1. The zero-order valence-electron chi connectivity index (χ0n) is 12.2. The summed E-state index contributed by atoms with van der Waals surface area (Å²) in [5.74, 6) is -1.89. The molecule has 0 radical (unpaired) electrons. The number of halogens is 2. The van der Waals surface area contributed by atoms with Crippen LogP contribution in [0.2, 0.25) is 0 Å². The summed E-state index contributed by atoms with van der Waals surface area (Å²) in [4.78, 5) is 2.20. The number of nitrogens with one attached hydrogen (secondary N) is 1. The number of nitrogens with zero attached hydrogens (tertiary/aromatic N) is 1. The van der Waals surface area contributed by atoms with Gasteiger partial charge in [0, 0.05) is 24.5 Å². The molecular weight excluding hydrogens is 272 g/mol. The standard InChI is InChI=1S/C16H19F2N3/c1-3-21(4-2)12-7-5-11(6-8-12)20-16-14(19)10-9-13(17)15(16)18/h5-10,20H,3-4,19H2,1-2H3. The summed E-state index contributed by atoms with van der Waals surface area (Å²) < 4.78 is 27.0. The molecule has 0 unspecified atom stereocenters. The summed E-state index contributed by atoms with van der Waals surface area (Å²) in [5, 5.41) is 2.82. The minimum atomic E-state index is -0.970. The Kier molecular flexibility index (Phi) is 4.62. The fourth-order valence-electron chi connectivity index (χ4n) is 2.18. The molecule has 0 atom stereocenters. The quantitative estimate of drug-likeness (QED) is 0.814. The van der Waals surface area contributed by atoms with Gasteiger partial charge in [-0.1, -0.05) is 0 Å². The lowest BCUT2D eigenvalue weighted by Crippen LogP contribution is -2.21. The van der Waals surface area contributed by atoms with E-state index in [0.717, 1.165) is 24.8 Å². The molecule has 3 nitrogen and oxygen atoms in total. The zero-order chi connectivity index (χ0) is 15.4. The predicted octanol–water partition coefficient (Wildman–Crippen LogP) is 4.14. The predicted molar refractivity (Wildman–Crippen MR) is 84.1 cm³/mol. The molecule has 2 aromatic carbocycles. The second kappa shape index (κ2) is 6.43. The Morgan fingerprint density at radius 2 is 1.62 bits per heavy atom. The first-order valence-electron chi connectivity index (χ1n) is 6.92. The fourth-order valence-corrected chi connectivity index (χ4v) is 2.18. The maximum Gasteiger partial charge on any atom is 0.184 e. The minimum Gasteiger partial charge on any atom is -0.397 e. The maximum absolute atomic E-state index is 13.7. The van der Waals surface area contributed by atoms with Gasteiger partial charge in [-0.2, -0.15) is 0 Å². The molecule has 0 saturated carbocycles. The van der Waals surface area contributed by atoms with Crippen LogP contribution in [-0.4, -0.2) is 13.1 Å². The van der Waals surface area contributed by atoms with Crippen molar-refractivity contribution >= 4 is 22.7 Å². The first-order chi connectivity index (χ1) is 10.1. The Morgan fingerprint density at radius 3 is 2.19 bits per heavy atom. The van der Waals surface area contributed by atoms with Crippen LogP contribution < -0.4 is 16.0 Å². The highest BCUT2D eigenvalue weighted by Crippen LogP contribution is 2.29. The topological polar surface area (TPSA) is 41.3 Å². The summed E-state index contributed by atoms with van der Waals surface area (Å²) in [7, 11) is 0. The van der Waals surface area contributed by atoms with Gasteiger partial charge < -0.3 is 16.0 Å². The van der Waals surface area contributed by atoms with Crippen LogP contribution in [0.25, 0.3) is 0 Å². The highest BCUT2D eigenvalue weighted by molar-refractivity contribution is 5.73. The summed E-state index contributed by atoms with van der Waals surface area (Å²) in [6, 6.07) is 9.85. The van der Waals surface area contributed by atoms with Crippen molar-refractivity contribution in [2.75, 3.05) is 29.0 Å². The molecule has 5 heteroatoms. The second-order valence-corrected chi connectivity index (χ2v) is 4.67. The van der Waals surface area contributed by atoms with E-state index in [1.54, 1.807) is 0 Å². The Balaban J connectivity index is 2.23. The van der Waals surface area contributed by atoms with Crippen LogP contribution in [-0.2, 0) is 0 Å². The molecule has 112 valence electrons. The second-order valence-electron chi connectivity index (χ2n) is 4.67. The Labute approximate surface area is 123 Å². The van der Waals surface area contributed by atoms with Crippen molar-refractivity contribution in [3.05, 3.63) is 48.0 Å². The molecule has 0 aromatic heterocycles. The van der Waals surface area contributed by atoms with Gasteiger partial charge >= 0.3 is 0 Å². The molecule has 0 heterocycles. The van der Waals surface area contributed by atoms with E-state index in [2.05, 4.69) is 24.1 Å². The van der Waals surface area contributed by atoms with Gasteiger partial charge in [0.25, 0.3) is 0 Å². The van der Waals surface area contributed by atoms with E-state index in [0.29, 0.717) is 5.69 Å². The molecule has 0 bridgehead atoms. The minimum absolute atomic E-state index is 0.0365. The van der Waals surface area contributed by atoms with Crippen LogP contribution in [0.5, 0.6) is 0 Å². The number of anilines is 4. The normalized spacial score (nSPS) is 10.5. The number of hydrogen-bond donors (Lipinski definition) is 2. The van der Waals surface area contributed by atoms with E-state index >= 15 is 0 Å². The van der Waals surface area contributed by atoms with Gasteiger partial charge in [-0.15, -0.1) is 0 Å². The van der Waals surface area contributed by atoms with Crippen molar-refractivity contribution in [3.63, 3.8) is 0 Å². The molecular formula is C16H19F2N3. The molecule has 0 aliphatic rings. The van der Waals surface area contributed by atoms with E-state index in [-0.39, 0.29) is 11.4 Å². The van der Waals surface area contributed by atoms with Crippen molar-refractivity contribution in [3.8, 4) is 0 Å². The third-order valence-electron chi connectivity index (χ3n) is 3.39. The number of nitrogen functional groups attached to an aromatic ring is 1. The Bertz CT molecular complexity index is 608. The first kappa shape index (κ1) is 15.1. The molecule has 0 fully saturated rings.